The Balaban J connectivity index is 0.00000133. The van der Waals surface area contributed by atoms with Crippen LogP contribution in [0.1, 0.15) is 87.0 Å². The molecule has 34 heavy (non-hydrogen) atoms. The van der Waals surface area contributed by atoms with Crippen LogP contribution in [0.5, 0.6) is 0 Å². The molecule has 3 nitrogen and oxygen atoms in total. The fraction of sp³-hybridized carbons (Fsp3) is 0.548. The topological polar surface area (TPSA) is 46.8 Å². The Morgan fingerprint density at radius 3 is 2.47 bits per heavy atom. The third kappa shape index (κ3) is 5.86. The number of nitrogens with one attached hydrogen (secondary N) is 1. The van der Waals surface area contributed by atoms with Gasteiger partial charge in [0.05, 0.1) is 17.4 Å². The zero-order valence-electron chi connectivity index (χ0n) is 22.8. The van der Waals surface area contributed by atoms with Gasteiger partial charge in [-0.2, -0.15) is 0 Å². The summed E-state index contributed by atoms with van der Waals surface area (Å²) < 4.78 is 0. The third-order valence-corrected chi connectivity index (χ3v) is 7.78. The van der Waals surface area contributed by atoms with Crippen molar-refractivity contribution in [3.8, 4) is 0 Å². The molecule has 4 rings (SSSR count). The molecule has 188 valence electrons. The zero-order valence-corrected chi connectivity index (χ0v) is 22.8. The van der Waals surface area contributed by atoms with Gasteiger partial charge in [-0.05, 0) is 78.2 Å². The van der Waals surface area contributed by atoms with Crippen LogP contribution in [0.3, 0.4) is 0 Å². The van der Waals surface area contributed by atoms with E-state index in [2.05, 4.69) is 88.5 Å². The second-order valence-electron chi connectivity index (χ2n) is 11.2. The highest BCUT2D eigenvalue weighted by molar-refractivity contribution is 5.58. The van der Waals surface area contributed by atoms with Crippen LogP contribution in [-0.4, -0.2) is 23.0 Å². The van der Waals surface area contributed by atoms with Crippen molar-refractivity contribution >= 4 is 0 Å². The Hall–Kier alpha value is -2.26. The second kappa shape index (κ2) is 11.0. The molecule has 2 heterocycles. The molecule has 0 radical (unpaired) electrons. The van der Waals surface area contributed by atoms with Gasteiger partial charge in [0.1, 0.15) is 0 Å². The van der Waals surface area contributed by atoms with Crippen LogP contribution in [0.4, 0.5) is 0 Å². The van der Waals surface area contributed by atoms with Gasteiger partial charge in [0, 0.05) is 12.7 Å². The van der Waals surface area contributed by atoms with E-state index in [0.717, 1.165) is 24.1 Å². The molecule has 0 aromatic carbocycles. The molecule has 0 spiro atoms. The van der Waals surface area contributed by atoms with Gasteiger partial charge in [0.2, 0.25) is 0 Å². The smallest absolute Gasteiger partial charge is 0.0654 e. The highest BCUT2D eigenvalue weighted by Crippen LogP contribution is 2.53. The number of piperazine rings is 1. The normalized spacial score (nSPS) is 24.9. The quantitative estimate of drug-likeness (QED) is 0.457. The number of hydrogen-bond acceptors (Lipinski definition) is 2. The summed E-state index contributed by atoms with van der Waals surface area (Å²) >= 11 is 0. The molecule has 2 fully saturated rings. The first kappa shape index (κ1) is 28.0. The van der Waals surface area contributed by atoms with Gasteiger partial charge in [0.25, 0.3) is 0 Å². The molecule has 0 amide bonds. The van der Waals surface area contributed by atoms with Crippen molar-refractivity contribution < 1.29 is 5.48 Å². The van der Waals surface area contributed by atoms with Crippen molar-refractivity contribution in [3.63, 3.8) is 0 Å². The van der Waals surface area contributed by atoms with Crippen molar-refractivity contribution in [3.05, 3.63) is 82.9 Å². The lowest BCUT2D eigenvalue weighted by Crippen LogP contribution is -2.53. The molecular weight excluding hydrogens is 416 g/mol. The van der Waals surface area contributed by atoms with E-state index in [4.69, 9.17) is 0 Å². The third-order valence-electron chi connectivity index (χ3n) is 7.78. The Morgan fingerprint density at radius 2 is 1.91 bits per heavy atom. The Kier molecular flexibility index (Phi) is 9.04. The number of allylic oxidation sites excluding steroid dienone is 9. The van der Waals surface area contributed by atoms with Crippen molar-refractivity contribution in [2.75, 3.05) is 6.54 Å². The summed E-state index contributed by atoms with van der Waals surface area (Å²) in [4.78, 5) is 2.49. The summed E-state index contributed by atoms with van der Waals surface area (Å²) in [6.07, 6.45) is 19.3. The zero-order chi connectivity index (χ0) is 24.4. The van der Waals surface area contributed by atoms with Crippen molar-refractivity contribution in [1.29, 1.82) is 0 Å². The predicted octanol–water partition coefficient (Wildman–Crippen LogP) is 7.53. The molecule has 3 heteroatoms. The van der Waals surface area contributed by atoms with E-state index in [1.54, 1.807) is 5.57 Å². The molecular formula is C31H48N2O. The molecule has 2 aliphatic heterocycles. The Morgan fingerprint density at radius 1 is 1.24 bits per heavy atom. The summed E-state index contributed by atoms with van der Waals surface area (Å²) in [5.41, 5.74) is 9.62. The minimum Gasteiger partial charge on any atom is -0.412 e. The predicted molar refractivity (Wildman–Crippen MR) is 148 cm³/mol. The van der Waals surface area contributed by atoms with Crippen LogP contribution in [0.15, 0.2) is 82.9 Å². The molecule has 0 bridgehead atoms. The van der Waals surface area contributed by atoms with Gasteiger partial charge in [-0.25, -0.2) is 0 Å². The average molecular weight is 465 g/mol. The highest BCUT2D eigenvalue weighted by atomic mass is 16.0. The molecule has 1 atom stereocenters. The van der Waals surface area contributed by atoms with Crippen LogP contribution in [0, 0.1) is 10.8 Å². The van der Waals surface area contributed by atoms with E-state index in [1.165, 1.54) is 54.6 Å². The van der Waals surface area contributed by atoms with E-state index >= 15 is 0 Å². The molecule has 1 saturated carbocycles. The van der Waals surface area contributed by atoms with Gasteiger partial charge >= 0.3 is 0 Å². The monoisotopic (exact) mass is 464 g/mol. The SMILES string of the molecule is C=C(C)C1=CN2C(=CC1=C)/C(=C1\C=CC=C(CCC3(CC)CC3)C1)NCC2C(C)(C)C.CC.O. The lowest BCUT2D eigenvalue weighted by Gasteiger charge is -2.48. The first-order valence-electron chi connectivity index (χ1n) is 13.0. The van der Waals surface area contributed by atoms with E-state index < -0.39 is 0 Å². The van der Waals surface area contributed by atoms with E-state index in [-0.39, 0.29) is 10.9 Å². The fourth-order valence-electron chi connectivity index (χ4n) is 5.23. The van der Waals surface area contributed by atoms with E-state index in [9.17, 15) is 0 Å². The van der Waals surface area contributed by atoms with Crippen LogP contribution in [-0.2, 0) is 0 Å². The highest BCUT2D eigenvalue weighted by Gasteiger charge is 2.40. The van der Waals surface area contributed by atoms with E-state index in [0.29, 0.717) is 11.5 Å². The second-order valence-corrected chi connectivity index (χ2v) is 11.2. The largest absolute Gasteiger partial charge is 0.412 e. The minimum absolute atomic E-state index is 0. The summed E-state index contributed by atoms with van der Waals surface area (Å²) in [6.45, 7) is 24.9. The first-order chi connectivity index (χ1) is 15.6. The molecule has 2 aliphatic carbocycles. The maximum Gasteiger partial charge on any atom is 0.0654 e. The molecule has 0 aromatic rings. The molecule has 3 N–H and O–H groups in total. The number of nitrogens with zero attached hydrogens (tertiary/aromatic N) is 1. The van der Waals surface area contributed by atoms with Crippen LogP contribution in [0.2, 0.25) is 0 Å². The van der Waals surface area contributed by atoms with Crippen LogP contribution >= 0.6 is 0 Å². The maximum atomic E-state index is 4.35. The van der Waals surface area contributed by atoms with Crippen LogP contribution < -0.4 is 5.32 Å². The van der Waals surface area contributed by atoms with Gasteiger partial charge in [-0.3, -0.25) is 0 Å². The minimum atomic E-state index is 0. The lowest BCUT2D eigenvalue weighted by atomic mass is 9.81. The Bertz CT molecular complexity index is 944. The van der Waals surface area contributed by atoms with Gasteiger partial charge in [-0.1, -0.05) is 84.9 Å². The van der Waals surface area contributed by atoms with Crippen molar-refractivity contribution in [2.45, 2.75) is 93.0 Å². The number of rotatable bonds is 5. The standard InChI is InChI=1S/C29H40N2.C2H6.H2O/c1-8-29(14-15-29)13-12-22-10-9-11-23(17-22)27-25-16-21(4)24(20(2)3)19-31(25)26(18-30-27)28(5,6)7;1-2;/h9-11,16,19,26,30H,2,4,8,12-15,17-18H2,1,3,5-7H3;1-2H3;1H2/b27-23-;;. The van der Waals surface area contributed by atoms with Gasteiger partial charge in [0.15, 0.2) is 0 Å². The average Bonchev–Trinajstić information content (AvgIpc) is 3.58. The number of fused-ring (bicyclic) bond motifs is 1. The van der Waals surface area contributed by atoms with Gasteiger partial charge < -0.3 is 15.7 Å². The lowest BCUT2D eigenvalue weighted by molar-refractivity contribution is 0.160. The fourth-order valence-corrected chi connectivity index (χ4v) is 5.23. The summed E-state index contributed by atoms with van der Waals surface area (Å²) in [7, 11) is 0. The van der Waals surface area contributed by atoms with Crippen molar-refractivity contribution in [1.82, 2.24) is 10.2 Å². The molecule has 4 aliphatic rings. The summed E-state index contributed by atoms with van der Waals surface area (Å²) in [6, 6.07) is 0.382. The number of hydrogen-bond donors (Lipinski definition) is 1. The van der Waals surface area contributed by atoms with Gasteiger partial charge in [-0.15, -0.1) is 0 Å². The summed E-state index contributed by atoms with van der Waals surface area (Å²) in [5, 5.41) is 3.82. The maximum absolute atomic E-state index is 4.35. The van der Waals surface area contributed by atoms with Crippen molar-refractivity contribution in [2.24, 2.45) is 10.8 Å². The first-order valence-corrected chi connectivity index (χ1v) is 13.0. The summed E-state index contributed by atoms with van der Waals surface area (Å²) in [5.74, 6) is 0. The Labute approximate surface area is 209 Å². The van der Waals surface area contributed by atoms with E-state index in [1.807, 2.05) is 13.8 Å². The molecule has 1 unspecified atom stereocenters. The van der Waals surface area contributed by atoms with Crippen LogP contribution in [0.25, 0.3) is 0 Å². The molecule has 0 aromatic heterocycles. The molecule has 1 saturated heterocycles.